The maximum absolute atomic E-state index is 11.6. The summed E-state index contributed by atoms with van der Waals surface area (Å²) in [6, 6.07) is 8.89. The van der Waals surface area contributed by atoms with Crippen molar-refractivity contribution in [1.82, 2.24) is 18.9 Å². The predicted molar refractivity (Wildman–Crippen MR) is 111 cm³/mol. The van der Waals surface area contributed by atoms with Crippen LogP contribution in [0.4, 0.5) is 0 Å². The third-order valence-corrected chi connectivity index (χ3v) is 6.46. The van der Waals surface area contributed by atoms with E-state index in [1.54, 1.807) is 17.8 Å². The van der Waals surface area contributed by atoms with Crippen molar-refractivity contribution in [3.63, 3.8) is 0 Å². The molecule has 4 aromatic rings. The first-order valence-corrected chi connectivity index (χ1v) is 11.5. The van der Waals surface area contributed by atoms with Gasteiger partial charge in [0, 0.05) is 24.7 Å². The molecule has 7 nitrogen and oxygen atoms in total. The van der Waals surface area contributed by atoms with Crippen LogP contribution in [0, 0.1) is 6.92 Å². The van der Waals surface area contributed by atoms with E-state index in [2.05, 4.69) is 16.5 Å². The molecular formula is C19H21N5O2S2. The molecule has 0 amide bonds. The quantitative estimate of drug-likeness (QED) is 0.487. The fraction of sp³-hybridized carbons (Fsp3) is 0.263. The smallest absolute Gasteiger partial charge is 0.238 e. The lowest BCUT2D eigenvalue weighted by molar-refractivity contribution is 0.598. The van der Waals surface area contributed by atoms with E-state index in [4.69, 9.17) is 10.1 Å². The Kier molecular flexibility index (Phi) is 4.90. The van der Waals surface area contributed by atoms with Gasteiger partial charge in [-0.15, -0.1) is 0 Å². The number of hydrogen-bond acceptors (Lipinski definition) is 5. The fourth-order valence-corrected chi connectivity index (χ4v) is 4.68. The van der Waals surface area contributed by atoms with Gasteiger partial charge in [0.2, 0.25) is 10.0 Å². The van der Waals surface area contributed by atoms with E-state index in [1.807, 2.05) is 35.9 Å². The highest BCUT2D eigenvalue weighted by molar-refractivity contribution is 7.98. The average molecular weight is 416 g/mol. The van der Waals surface area contributed by atoms with E-state index < -0.39 is 10.0 Å². The summed E-state index contributed by atoms with van der Waals surface area (Å²) in [7, 11) is -3.75. The number of rotatable bonds is 6. The van der Waals surface area contributed by atoms with Crippen LogP contribution in [-0.4, -0.2) is 27.4 Å². The second kappa shape index (κ2) is 7.23. The number of imidazole rings is 2. The second-order valence-electron chi connectivity index (χ2n) is 6.68. The zero-order valence-electron chi connectivity index (χ0n) is 15.7. The molecule has 0 spiro atoms. The molecule has 0 saturated carbocycles. The van der Waals surface area contributed by atoms with Crippen molar-refractivity contribution in [2.24, 2.45) is 5.14 Å². The van der Waals surface area contributed by atoms with Gasteiger partial charge in [0.1, 0.15) is 5.65 Å². The normalized spacial score (nSPS) is 12.2. The lowest BCUT2D eigenvalue weighted by Crippen LogP contribution is -2.11. The molecule has 28 heavy (non-hydrogen) atoms. The Morgan fingerprint density at radius 2 is 2.04 bits per heavy atom. The van der Waals surface area contributed by atoms with E-state index in [0.717, 1.165) is 40.5 Å². The van der Waals surface area contributed by atoms with Crippen molar-refractivity contribution < 1.29 is 8.42 Å². The van der Waals surface area contributed by atoms with Gasteiger partial charge in [0.25, 0.3) is 0 Å². The van der Waals surface area contributed by atoms with Crippen LogP contribution in [0.1, 0.15) is 24.6 Å². The van der Waals surface area contributed by atoms with E-state index in [0.29, 0.717) is 11.3 Å². The SMILES string of the molecule is CCCn1c(SCc2cn3cccc(C)c3n2)nc2cc(S(N)(=O)=O)ccc21. The molecule has 0 unspecified atom stereocenters. The van der Waals surface area contributed by atoms with Crippen molar-refractivity contribution in [2.45, 2.75) is 42.6 Å². The first-order valence-electron chi connectivity index (χ1n) is 8.96. The van der Waals surface area contributed by atoms with Crippen LogP contribution >= 0.6 is 11.8 Å². The predicted octanol–water partition coefficient (Wildman–Crippen LogP) is 3.34. The third kappa shape index (κ3) is 3.52. The lowest BCUT2D eigenvalue weighted by atomic mass is 10.3. The summed E-state index contributed by atoms with van der Waals surface area (Å²) in [4.78, 5) is 9.45. The zero-order chi connectivity index (χ0) is 19.9. The molecule has 3 heterocycles. The van der Waals surface area contributed by atoms with E-state index in [9.17, 15) is 8.42 Å². The van der Waals surface area contributed by atoms with Crippen LogP contribution in [0.5, 0.6) is 0 Å². The standard InChI is InChI=1S/C19H21N5O2S2/c1-3-8-24-17-7-6-15(28(20,25)26)10-16(17)22-19(24)27-12-14-11-23-9-4-5-13(2)18(23)21-14/h4-7,9-11H,3,8,12H2,1-2H3,(H2,20,25,26). The number of primary sulfonamides is 1. The third-order valence-electron chi connectivity index (χ3n) is 4.54. The van der Waals surface area contributed by atoms with Crippen molar-refractivity contribution in [1.29, 1.82) is 0 Å². The van der Waals surface area contributed by atoms with E-state index in [-0.39, 0.29) is 4.90 Å². The van der Waals surface area contributed by atoms with Gasteiger partial charge in [-0.3, -0.25) is 0 Å². The average Bonchev–Trinajstić information content (AvgIpc) is 3.21. The van der Waals surface area contributed by atoms with Gasteiger partial charge in [0.05, 0.1) is 21.6 Å². The van der Waals surface area contributed by atoms with Crippen molar-refractivity contribution >= 4 is 38.5 Å². The summed E-state index contributed by atoms with van der Waals surface area (Å²) in [5, 5.41) is 6.10. The van der Waals surface area contributed by atoms with Crippen LogP contribution in [0.2, 0.25) is 0 Å². The molecule has 3 aromatic heterocycles. The van der Waals surface area contributed by atoms with Gasteiger partial charge in [-0.2, -0.15) is 0 Å². The molecule has 1 aromatic carbocycles. The van der Waals surface area contributed by atoms with Gasteiger partial charge in [-0.1, -0.05) is 24.8 Å². The number of nitrogens with two attached hydrogens (primary N) is 1. The van der Waals surface area contributed by atoms with Crippen LogP contribution in [0.3, 0.4) is 0 Å². The number of fused-ring (bicyclic) bond motifs is 2. The van der Waals surface area contributed by atoms with E-state index in [1.165, 1.54) is 12.1 Å². The minimum Gasteiger partial charge on any atom is -0.319 e. The van der Waals surface area contributed by atoms with Crippen LogP contribution in [-0.2, 0) is 22.3 Å². The summed E-state index contributed by atoms with van der Waals surface area (Å²) < 4.78 is 27.4. The topological polar surface area (TPSA) is 95.3 Å². The van der Waals surface area contributed by atoms with Gasteiger partial charge in [-0.25, -0.2) is 23.5 Å². The van der Waals surface area contributed by atoms with Crippen molar-refractivity contribution in [2.75, 3.05) is 0 Å². The summed E-state index contributed by atoms with van der Waals surface area (Å²) in [5.74, 6) is 0.677. The monoisotopic (exact) mass is 415 g/mol. The molecule has 0 aliphatic rings. The van der Waals surface area contributed by atoms with E-state index >= 15 is 0 Å². The molecule has 4 rings (SSSR count). The molecule has 0 bridgehead atoms. The molecule has 2 N–H and O–H groups in total. The number of sulfonamides is 1. The number of nitrogens with zero attached hydrogens (tertiary/aromatic N) is 4. The number of aryl methyl sites for hydroxylation is 2. The molecule has 0 radical (unpaired) electrons. The first-order chi connectivity index (χ1) is 13.4. The Labute approximate surface area is 167 Å². The van der Waals surface area contributed by atoms with Crippen LogP contribution in [0.25, 0.3) is 16.7 Å². The summed E-state index contributed by atoms with van der Waals surface area (Å²) in [6.45, 7) is 4.95. The van der Waals surface area contributed by atoms with Gasteiger partial charge in [-0.05, 0) is 43.2 Å². The van der Waals surface area contributed by atoms with Crippen molar-refractivity contribution in [3.05, 3.63) is 54.0 Å². The highest BCUT2D eigenvalue weighted by atomic mass is 32.2. The van der Waals surface area contributed by atoms with Crippen LogP contribution < -0.4 is 5.14 Å². The summed E-state index contributed by atoms with van der Waals surface area (Å²) >= 11 is 1.60. The lowest BCUT2D eigenvalue weighted by Gasteiger charge is -2.06. The molecule has 9 heteroatoms. The number of benzene rings is 1. The molecule has 0 fully saturated rings. The number of aromatic nitrogens is 4. The summed E-state index contributed by atoms with van der Waals surface area (Å²) in [5.41, 5.74) is 4.60. The minimum absolute atomic E-state index is 0.0773. The number of pyridine rings is 1. The Morgan fingerprint density at radius 3 is 2.75 bits per heavy atom. The maximum Gasteiger partial charge on any atom is 0.238 e. The molecule has 0 atom stereocenters. The summed E-state index contributed by atoms with van der Waals surface area (Å²) in [6.07, 6.45) is 4.97. The molecule has 0 aliphatic heterocycles. The Morgan fingerprint density at radius 1 is 1.21 bits per heavy atom. The second-order valence-corrected chi connectivity index (χ2v) is 9.19. The van der Waals surface area contributed by atoms with Gasteiger partial charge < -0.3 is 8.97 Å². The van der Waals surface area contributed by atoms with Gasteiger partial charge >= 0.3 is 0 Å². The minimum atomic E-state index is -3.75. The molecular weight excluding hydrogens is 394 g/mol. The maximum atomic E-state index is 11.6. The molecule has 0 aliphatic carbocycles. The molecule has 0 saturated heterocycles. The Hall–Kier alpha value is -2.36. The van der Waals surface area contributed by atoms with Crippen LogP contribution in [0.15, 0.2) is 52.8 Å². The van der Waals surface area contributed by atoms with Crippen molar-refractivity contribution in [3.8, 4) is 0 Å². The Bertz CT molecular complexity index is 1270. The number of hydrogen-bond donors (Lipinski definition) is 1. The zero-order valence-corrected chi connectivity index (χ0v) is 17.3. The number of thioether (sulfide) groups is 1. The highest BCUT2D eigenvalue weighted by Gasteiger charge is 2.15. The highest BCUT2D eigenvalue weighted by Crippen LogP contribution is 2.28. The largest absolute Gasteiger partial charge is 0.319 e. The molecule has 146 valence electrons. The first kappa shape index (κ1) is 19.0. The van der Waals surface area contributed by atoms with Gasteiger partial charge in [0.15, 0.2) is 5.16 Å². The Balaban J connectivity index is 1.68. The fourth-order valence-electron chi connectivity index (χ4n) is 3.23.